The summed E-state index contributed by atoms with van der Waals surface area (Å²) in [6, 6.07) is 14.0. The minimum absolute atomic E-state index is 0.439. The van der Waals surface area contributed by atoms with Gasteiger partial charge in [-0.15, -0.1) is 0 Å². The Balaban J connectivity index is 2.17. The molecule has 0 amide bonds. The van der Waals surface area contributed by atoms with Crippen LogP contribution < -0.4 is 10.6 Å². The van der Waals surface area contributed by atoms with E-state index in [4.69, 9.17) is 29.6 Å². The van der Waals surface area contributed by atoms with E-state index in [1.807, 2.05) is 43.3 Å². The van der Waals surface area contributed by atoms with Crippen molar-refractivity contribution < 1.29 is 0 Å². The molecule has 0 atom stereocenters. The van der Waals surface area contributed by atoms with Crippen LogP contribution in [0.2, 0.25) is 5.02 Å². The van der Waals surface area contributed by atoms with E-state index in [0.29, 0.717) is 4.99 Å². The molecule has 0 spiro atoms. The third-order valence-corrected chi connectivity index (χ3v) is 3.72. The fourth-order valence-corrected chi connectivity index (χ4v) is 2.47. The van der Waals surface area contributed by atoms with E-state index in [0.717, 1.165) is 28.4 Å². The topological polar surface area (TPSA) is 29.3 Å². The molecule has 2 aromatic rings. The van der Waals surface area contributed by atoms with E-state index in [9.17, 15) is 0 Å². The second-order valence-corrected chi connectivity index (χ2v) is 5.72. The number of benzene rings is 2. The van der Waals surface area contributed by atoms with Gasteiger partial charge in [0.15, 0.2) is 0 Å². The van der Waals surface area contributed by atoms with Crippen LogP contribution in [0.25, 0.3) is 0 Å². The third kappa shape index (κ3) is 3.50. The summed E-state index contributed by atoms with van der Waals surface area (Å²) in [7, 11) is 2.06. The van der Waals surface area contributed by atoms with Crippen molar-refractivity contribution in [2.75, 3.05) is 11.9 Å². The molecular formula is C16H17ClN2S. The Morgan fingerprint density at radius 2 is 1.85 bits per heavy atom. The normalized spacial score (nSPS) is 10.3. The zero-order chi connectivity index (χ0) is 14.7. The SMILES string of the molecule is Cc1cc(N(C)Cc2ccc(Cl)cc2)ccc1C(N)=S. The first-order valence-corrected chi connectivity index (χ1v) is 7.12. The maximum absolute atomic E-state index is 5.90. The van der Waals surface area contributed by atoms with Crippen LogP contribution in [0.1, 0.15) is 16.7 Å². The van der Waals surface area contributed by atoms with Gasteiger partial charge in [0.25, 0.3) is 0 Å². The van der Waals surface area contributed by atoms with Crippen LogP contribution in [0.3, 0.4) is 0 Å². The summed E-state index contributed by atoms with van der Waals surface area (Å²) in [5.41, 5.74) is 10.1. The molecule has 2 N–H and O–H groups in total. The number of rotatable bonds is 4. The van der Waals surface area contributed by atoms with E-state index >= 15 is 0 Å². The zero-order valence-corrected chi connectivity index (χ0v) is 13.1. The third-order valence-electron chi connectivity index (χ3n) is 3.25. The van der Waals surface area contributed by atoms with Gasteiger partial charge in [0.1, 0.15) is 4.99 Å². The van der Waals surface area contributed by atoms with Gasteiger partial charge in [0.05, 0.1) is 0 Å². The van der Waals surface area contributed by atoms with Crippen LogP contribution in [0.4, 0.5) is 5.69 Å². The lowest BCUT2D eigenvalue weighted by molar-refractivity contribution is 0.922. The molecule has 0 aliphatic rings. The number of halogens is 1. The van der Waals surface area contributed by atoms with Crippen LogP contribution in [-0.2, 0) is 6.54 Å². The molecule has 0 radical (unpaired) electrons. The van der Waals surface area contributed by atoms with Gasteiger partial charge in [0.2, 0.25) is 0 Å². The van der Waals surface area contributed by atoms with Crippen molar-refractivity contribution in [2.45, 2.75) is 13.5 Å². The first-order chi connectivity index (χ1) is 9.47. The molecule has 20 heavy (non-hydrogen) atoms. The number of hydrogen-bond donors (Lipinski definition) is 1. The van der Waals surface area contributed by atoms with E-state index < -0.39 is 0 Å². The van der Waals surface area contributed by atoms with Gasteiger partial charge >= 0.3 is 0 Å². The van der Waals surface area contributed by atoms with Crippen LogP contribution in [0, 0.1) is 6.92 Å². The Kier molecular flexibility index (Phi) is 4.63. The molecule has 0 fully saturated rings. The summed E-state index contributed by atoms with van der Waals surface area (Å²) in [6.07, 6.45) is 0. The number of nitrogens with zero attached hydrogens (tertiary/aromatic N) is 1. The number of hydrogen-bond acceptors (Lipinski definition) is 2. The number of aryl methyl sites for hydroxylation is 1. The summed E-state index contributed by atoms with van der Waals surface area (Å²) < 4.78 is 0. The minimum Gasteiger partial charge on any atom is -0.389 e. The van der Waals surface area contributed by atoms with Crippen molar-refractivity contribution in [1.29, 1.82) is 0 Å². The van der Waals surface area contributed by atoms with Gasteiger partial charge in [-0.2, -0.15) is 0 Å². The molecule has 2 nitrogen and oxygen atoms in total. The first-order valence-electron chi connectivity index (χ1n) is 6.33. The Hall–Kier alpha value is -1.58. The monoisotopic (exact) mass is 304 g/mol. The summed E-state index contributed by atoms with van der Waals surface area (Å²) in [5.74, 6) is 0. The van der Waals surface area contributed by atoms with Gasteiger partial charge in [-0.05, 0) is 48.4 Å². The van der Waals surface area contributed by atoms with Crippen LogP contribution in [0.5, 0.6) is 0 Å². The fraction of sp³-hybridized carbons (Fsp3) is 0.188. The highest BCUT2D eigenvalue weighted by molar-refractivity contribution is 7.80. The Labute approximate surface area is 130 Å². The standard InChI is InChI=1S/C16H17ClN2S/c1-11-9-14(7-8-15(11)16(18)20)19(2)10-12-3-5-13(17)6-4-12/h3-9H,10H2,1-2H3,(H2,18,20). The molecule has 2 aromatic carbocycles. The second kappa shape index (κ2) is 6.25. The molecule has 0 aliphatic heterocycles. The first kappa shape index (κ1) is 14.8. The smallest absolute Gasteiger partial charge is 0.104 e. The van der Waals surface area contributed by atoms with Crippen LogP contribution in [-0.4, -0.2) is 12.0 Å². The van der Waals surface area contributed by atoms with Crippen molar-refractivity contribution in [1.82, 2.24) is 0 Å². The molecular weight excluding hydrogens is 288 g/mol. The van der Waals surface area contributed by atoms with Crippen LogP contribution in [0.15, 0.2) is 42.5 Å². The molecule has 0 aromatic heterocycles. The molecule has 0 saturated carbocycles. The minimum atomic E-state index is 0.439. The van der Waals surface area contributed by atoms with Gasteiger partial charge in [-0.3, -0.25) is 0 Å². The van der Waals surface area contributed by atoms with E-state index in [2.05, 4.69) is 18.0 Å². The highest BCUT2D eigenvalue weighted by Crippen LogP contribution is 2.20. The Bertz CT molecular complexity index is 623. The van der Waals surface area contributed by atoms with E-state index in [1.165, 1.54) is 5.56 Å². The molecule has 0 bridgehead atoms. The average molecular weight is 305 g/mol. The van der Waals surface area contributed by atoms with E-state index in [-0.39, 0.29) is 0 Å². The van der Waals surface area contributed by atoms with Crippen molar-refractivity contribution in [3.8, 4) is 0 Å². The molecule has 0 unspecified atom stereocenters. The summed E-state index contributed by atoms with van der Waals surface area (Å²) in [6.45, 7) is 2.84. The van der Waals surface area contributed by atoms with Gasteiger partial charge < -0.3 is 10.6 Å². The van der Waals surface area contributed by atoms with Gasteiger partial charge in [0, 0.05) is 29.9 Å². The fourth-order valence-electron chi connectivity index (χ4n) is 2.12. The summed E-state index contributed by atoms with van der Waals surface area (Å²) >= 11 is 10.9. The summed E-state index contributed by atoms with van der Waals surface area (Å²) in [5, 5.41) is 0.757. The summed E-state index contributed by atoms with van der Waals surface area (Å²) in [4.78, 5) is 2.62. The quantitative estimate of drug-likeness (QED) is 0.868. The highest BCUT2D eigenvalue weighted by Gasteiger charge is 2.06. The van der Waals surface area contributed by atoms with Crippen molar-refractivity contribution in [3.63, 3.8) is 0 Å². The lowest BCUT2D eigenvalue weighted by atomic mass is 10.1. The number of thiocarbonyl (C=S) groups is 1. The maximum Gasteiger partial charge on any atom is 0.104 e. The lowest BCUT2D eigenvalue weighted by Crippen LogP contribution is -2.17. The average Bonchev–Trinajstić information content (AvgIpc) is 2.40. The van der Waals surface area contributed by atoms with Crippen molar-refractivity contribution in [2.24, 2.45) is 5.73 Å². The Morgan fingerprint density at radius 3 is 2.40 bits per heavy atom. The molecule has 0 aliphatic carbocycles. The second-order valence-electron chi connectivity index (χ2n) is 4.85. The van der Waals surface area contributed by atoms with Gasteiger partial charge in [-0.1, -0.05) is 36.0 Å². The van der Waals surface area contributed by atoms with Crippen LogP contribution >= 0.6 is 23.8 Å². The van der Waals surface area contributed by atoms with Gasteiger partial charge in [-0.25, -0.2) is 0 Å². The predicted octanol–water partition coefficient (Wildman–Crippen LogP) is 3.92. The lowest BCUT2D eigenvalue weighted by Gasteiger charge is -2.20. The highest BCUT2D eigenvalue weighted by atomic mass is 35.5. The zero-order valence-electron chi connectivity index (χ0n) is 11.6. The number of anilines is 1. The maximum atomic E-state index is 5.90. The van der Waals surface area contributed by atoms with E-state index in [1.54, 1.807) is 0 Å². The molecule has 0 heterocycles. The van der Waals surface area contributed by atoms with Crippen molar-refractivity contribution in [3.05, 3.63) is 64.2 Å². The molecule has 4 heteroatoms. The largest absolute Gasteiger partial charge is 0.389 e. The Morgan fingerprint density at radius 1 is 1.20 bits per heavy atom. The van der Waals surface area contributed by atoms with Crippen molar-refractivity contribution >= 4 is 34.5 Å². The number of nitrogens with two attached hydrogens (primary N) is 1. The molecule has 104 valence electrons. The molecule has 2 rings (SSSR count). The molecule has 0 saturated heterocycles. The predicted molar refractivity (Wildman–Crippen MR) is 90.6 cm³/mol.